The molecule has 1 amide bonds. The molecule has 1 heterocycles. The molecule has 0 radical (unpaired) electrons. The van der Waals surface area contributed by atoms with Gasteiger partial charge in [0.15, 0.2) is 0 Å². The molecule has 1 aliphatic rings. The number of amides is 1. The van der Waals surface area contributed by atoms with Crippen LogP contribution in [0.3, 0.4) is 0 Å². The number of hydrogen-bond acceptors (Lipinski definition) is 2. The molecule has 2 rings (SSSR count). The molecule has 0 fully saturated rings. The van der Waals surface area contributed by atoms with E-state index in [1.165, 1.54) is 19.9 Å². The van der Waals surface area contributed by atoms with Crippen molar-refractivity contribution in [3.63, 3.8) is 0 Å². The van der Waals surface area contributed by atoms with Gasteiger partial charge in [-0.1, -0.05) is 6.07 Å². The van der Waals surface area contributed by atoms with Crippen molar-refractivity contribution < 1.29 is 14.0 Å². The summed E-state index contributed by atoms with van der Waals surface area (Å²) in [6.07, 6.45) is 1.41. The quantitative estimate of drug-likeness (QED) is 0.824. The van der Waals surface area contributed by atoms with Gasteiger partial charge in [0.1, 0.15) is 11.6 Å². The lowest BCUT2D eigenvalue weighted by molar-refractivity contribution is -0.117. The lowest BCUT2D eigenvalue weighted by Crippen LogP contribution is -2.27. The van der Waals surface area contributed by atoms with Gasteiger partial charge in [-0.2, -0.15) is 0 Å². The zero-order chi connectivity index (χ0) is 13.3. The average molecular weight is 249 g/mol. The van der Waals surface area contributed by atoms with Crippen LogP contribution < -0.4 is 4.90 Å². The van der Waals surface area contributed by atoms with E-state index in [-0.39, 0.29) is 17.5 Å². The molecule has 0 saturated carbocycles. The summed E-state index contributed by atoms with van der Waals surface area (Å²) in [4.78, 5) is 24.2. The Balaban J connectivity index is 2.42. The van der Waals surface area contributed by atoms with Gasteiger partial charge >= 0.3 is 0 Å². The first kappa shape index (κ1) is 12.7. The van der Waals surface area contributed by atoms with E-state index in [1.807, 2.05) is 0 Å². The number of anilines is 1. The average Bonchev–Trinajstić information content (AvgIpc) is 2.71. The molecular formula is C14H16FNO2. The van der Waals surface area contributed by atoms with Crippen molar-refractivity contribution in [1.82, 2.24) is 0 Å². The number of fused-ring (bicyclic) bond motifs is 1. The molecule has 3 nitrogen and oxygen atoms in total. The number of benzene rings is 1. The van der Waals surface area contributed by atoms with Crippen LogP contribution >= 0.6 is 0 Å². The minimum Gasteiger partial charge on any atom is -0.312 e. The Morgan fingerprint density at radius 3 is 2.67 bits per heavy atom. The summed E-state index contributed by atoms with van der Waals surface area (Å²) in [6, 6.07) is 3.16. The van der Waals surface area contributed by atoms with Crippen LogP contribution in [0.4, 0.5) is 10.1 Å². The van der Waals surface area contributed by atoms with Crippen LogP contribution in [0.5, 0.6) is 0 Å². The summed E-state index contributed by atoms with van der Waals surface area (Å²) in [6.45, 7) is 3.57. The third-order valence-electron chi connectivity index (χ3n) is 3.29. The third-order valence-corrected chi connectivity index (χ3v) is 3.29. The number of carbonyl (C=O) groups excluding carboxylic acids is 2. The molecule has 1 aliphatic heterocycles. The molecule has 18 heavy (non-hydrogen) atoms. The lowest BCUT2D eigenvalue weighted by Gasteiger charge is -2.19. The van der Waals surface area contributed by atoms with Crippen molar-refractivity contribution in [2.45, 2.75) is 33.1 Å². The van der Waals surface area contributed by atoms with E-state index in [4.69, 9.17) is 0 Å². The number of rotatable bonds is 3. The number of halogens is 1. The molecule has 0 bridgehead atoms. The van der Waals surface area contributed by atoms with Gasteiger partial charge in [0.2, 0.25) is 5.91 Å². The number of ketones is 1. The van der Waals surface area contributed by atoms with Gasteiger partial charge in [-0.25, -0.2) is 4.39 Å². The molecule has 0 aliphatic carbocycles. The van der Waals surface area contributed by atoms with Gasteiger partial charge in [0, 0.05) is 25.5 Å². The molecule has 0 aromatic heterocycles. The van der Waals surface area contributed by atoms with Gasteiger partial charge in [-0.05, 0) is 31.4 Å². The molecule has 0 saturated heterocycles. The molecule has 1 aromatic carbocycles. The molecule has 0 atom stereocenters. The van der Waals surface area contributed by atoms with Crippen molar-refractivity contribution in [2.24, 2.45) is 0 Å². The van der Waals surface area contributed by atoms with Crippen molar-refractivity contribution in [3.8, 4) is 0 Å². The predicted molar refractivity (Wildman–Crippen MR) is 67.1 cm³/mol. The molecule has 96 valence electrons. The van der Waals surface area contributed by atoms with E-state index < -0.39 is 0 Å². The maximum atomic E-state index is 13.9. The topological polar surface area (TPSA) is 37.4 Å². The summed E-state index contributed by atoms with van der Waals surface area (Å²) in [5.41, 5.74) is 2.17. The zero-order valence-corrected chi connectivity index (χ0v) is 10.6. The van der Waals surface area contributed by atoms with Crippen LogP contribution in [-0.4, -0.2) is 18.2 Å². The normalized spacial score (nSPS) is 13.6. The summed E-state index contributed by atoms with van der Waals surface area (Å²) in [5, 5.41) is 0. The van der Waals surface area contributed by atoms with Crippen LogP contribution in [0, 0.1) is 5.82 Å². The zero-order valence-electron chi connectivity index (χ0n) is 10.6. The first-order chi connectivity index (χ1) is 8.50. The first-order valence-corrected chi connectivity index (χ1v) is 6.08. The number of nitrogens with zero attached hydrogens (tertiary/aromatic N) is 1. The summed E-state index contributed by atoms with van der Waals surface area (Å²) in [5.74, 6) is -0.383. The van der Waals surface area contributed by atoms with Crippen LogP contribution in [-0.2, 0) is 22.4 Å². The second-order valence-electron chi connectivity index (χ2n) is 4.66. The number of hydrogen-bond donors (Lipinski definition) is 0. The molecule has 0 spiro atoms. The highest BCUT2D eigenvalue weighted by atomic mass is 19.1. The maximum Gasteiger partial charge on any atom is 0.223 e. The van der Waals surface area contributed by atoms with Crippen molar-refractivity contribution in [2.75, 3.05) is 11.4 Å². The van der Waals surface area contributed by atoms with Gasteiger partial charge < -0.3 is 9.69 Å². The summed E-state index contributed by atoms with van der Waals surface area (Å²) in [7, 11) is 0. The fourth-order valence-corrected chi connectivity index (χ4v) is 2.40. The Labute approximate surface area is 106 Å². The smallest absolute Gasteiger partial charge is 0.223 e. The highest BCUT2D eigenvalue weighted by molar-refractivity contribution is 5.95. The summed E-state index contributed by atoms with van der Waals surface area (Å²) >= 11 is 0. The van der Waals surface area contributed by atoms with Gasteiger partial charge in [-0.15, -0.1) is 0 Å². The molecule has 0 N–H and O–H groups in total. The van der Waals surface area contributed by atoms with Crippen LogP contribution in [0.25, 0.3) is 0 Å². The largest absolute Gasteiger partial charge is 0.312 e. The minimum atomic E-state index is -0.330. The Bertz CT molecular complexity index is 511. The van der Waals surface area contributed by atoms with Crippen LogP contribution in [0.2, 0.25) is 0 Å². The predicted octanol–water partition coefficient (Wildman–Crippen LogP) is 2.26. The van der Waals surface area contributed by atoms with E-state index in [0.717, 1.165) is 12.0 Å². The van der Waals surface area contributed by atoms with Crippen LogP contribution in [0.15, 0.2) is 12.1 Å². The standard InChI is InChI=1S/C14H16FNO2/c1-9(17)3-5-12-13(15)6-4-11-7-8-16(10(2)18)14(11)12/h4,6H,3,5,7-8H2,1-2H3. The first-order valence-electron chi connectivity index (χ1n) is 6.08. The van der Waals surface area contributed by atoms with E-state index in [0.29, 0.717) is 30.6 Å². The number of carbonyl (C=O) groups is 2. The van der Waals surface area contributed by atoms with Crippen molar-refractivity contribution in [3.05, 3.63) is 29.1 Å². The highest BCUT2D eigenvalue weighted by Gasteiger charge is 2.26. The fourth-order valence-electron chi connectivity index (χ4n) is 2.40. The Morgan fingerprint density at radius 1 is 1.33 bits per heavy atom. The highest BCUT2D eigenvalue weighted by Crippen LogP contribution is 2.34. The fraction of sp³-hybridized carbons (Fsp3) is 0.429. The van der Waals surface area contributed by atoms with Crippen molar-refractivity contribution in [1.29, 1.82) is 0 Å². The Hall–Kier alpha value is -1.71. The Kier molecular flexibility index (Phi) is 3.45. The van der Waals surface area contributed by atoms with E-state index in [2.05, 4.69) is 0 Å². The second-order valence-corrected chi connectivity index (χ2v) is 4.66. The van der Waals surface area contributed by atoms with E-state index >= 15 is 0 Å². The van der Waals surface area contributed by atoms with E-state index in [1.54, 1.807) is 11.0 Å². The second kappa shape index (κ2) is 4.88. The van der Waals surface area contributed by atoms with Gasteiger partial charge in [0.05, 0.1) is 5.69 Å². The molecule has 0 unspecified atom stereocenters. The monoisotopic (exact) mass is 249 g/mol. The summed E-state index contributed by atoms with van der Waals surface area (Å²) < 4.78 is 13.9. The van der Waals surface area contributed by atoms with Gasteiger partial charge in [-0.3, -0.25) is 4.79 Å². The maximum absolute atomic E-state index is 13.9. The molecule has 4 heteroatoms. The van der Waals surface area contributed by atoms with Crippen LogP contribution in [0.1, 0.15) is 31.4 Å². The Morgan fingerprint density at radius 2 is 2.06 bits per heavy atom. The lowest BCUT2D eigenvalue weighted by atomic mass is 10.0. The molecular weight excluding hydrogens is 233 g/mol. The third kappa shape index (κ3) is 2.28. The SMILES string of the molecule is CC(=O)CCc1c(F)ccc2c1N(C(C)=O)CC2. The molecule has 1 aromatic rings. The van der Waals surface area contributed by atoms with Crippen molar-refractivity contribution >= 4 is 17.4 Å². The number of Topliss-reactive ketones (excluding diaryl/α,β-unsaturated/α-hetero) is 1. The van der Waals surface area contributed by atoms with Gasteiger partial charge in [0.25, 0.3) is 0 Å². The van der Waals surface area contributed by atoms with E-state index in [9.17, 15) is 14.0 Å². The minimum absolute atomic E-state index is 0.0272.